The molecule has 2 N–H and O–H groups in total. The van der Waals surface area contributed by atoms with Gasteiger partial charge in [-0.1, -0.05) is 48.0 Å². The molecule has 174 valence electrons. The lowest BCUT2D eigenvalue weighted by Gasteiger charge is -2.19. The van der Waals surface area contributed by atoms with Crippen molar-refractivity contribution in [2.45, 2.75) is 19.4 Å². The van der Waals surface area contributed by atoms with Gasteiger partial charge in [0.1, 0.15) is 23.8 Å². The Labute approximate surface area is 216 Å². The van der Waals surface area contributed by atoms with Gasteiger partial charge in [0.05, 0.1) is 33.9 Å². The number of carbonyl (C=O) groups is 1. The van der Waals surface area contributed by atoms with Crippen molar-refractivity contribution in [2.24, 2.45) is 5.92 Å². The van der Waals surface area contributed by atoms with Gasteiger partial charge in [-0.25, -0.2) is 9.97 Å². The van der Waals surface area contributed by atoms with E-state index in [-0.39, 0.29) is 5.91 Å². The second kappa shape index (κ2) is 10.2. The van der Waals surface area contributed by atoms with Gasteiger partial charge < -0.3 is 14.6 Å². The van der Waals surface area contributed by atoms with E-state index in [1.165, 1.54) is 0 Å². The summed E-state index contributed by atoms with van der Waals surface area (Å²) in [6, 6.07) is 19.4. The number of ether oxygens (including phenoxy) is 1. The van der Waals surface area contributed by atoms with Gasteiger partial charge in [-0.15, -0.1) is 0 Å². The number of fused-ring (bicyclic) bond motifs is 1. The summed E-state index contributed by atoms with van der Waals surface area (Å²) in [5.41, 5.74) is 2.62. The maximum absolute atomic E-state index is 11.9. The molecule has 0 radical (unpaired) electrons. The Hall–Kier alpha value is -2.85. The normalized spacial score (nSPS) is 15.6. The number of halogens is 2. The van der Waals surface area contributed by atoms with Gasteiger partial charge in [0.25, 0.3) is 0 Å². The Bertz CT molecular complexity index is 1310. The summed E-state index contributed by atoms with van der Waals surface area (Å²) in [7, 11) is 0. The minimum atomic E-state index is 0.0624. The molecule has 1 saturated heterocycles. The lowest BCUT2D eigenvalue weighted by molar-refractivity contribution is -0.119. The lowest BCUT2D eigenvalue weighted by Crippen LogP contribution is -2.23. The zero-order valence-electron chi connectivity index (χ0n) is 18.3. The third-order valence-electron chi connectivity index (χ3n) is 5.91. The van der Waals surface area contributed by atoms with E-state index in [1.807, 2.05) is 71.4 Å². The number of hydrogen-bond donors (Lipinski definition) is 2. The summed E-state index contributed by atoms with van der Waals surface area (Å²) in [6.45, 7) is 1.98. The van der Waals surface area contributed by atoms with Gasteiger partial charge in [0, 0.05) is 30.1 Å². The summed E-state index contributed by atoms with van der Waals surface area (Å²) >= 11 is 7.97. The Morgan fingerprint density at radius 3 is 2.82 bits per heavy atom. The van der Waals surface area contributed by atoms with Gasteiger partial charge in [-0.2, -0.15) is 0 Å². The van der Waals surface area contributed by atoms with Crippen LogP contribution in [0, 0.1) is 5.92 Å². The average molecular weight is 588 g/mol. The van der Waals surface area contributed by atoms with E-state index in [2.05, 4.69) is 19.5 Å². The number of rotatable bonds is 7. The summed E-state index contributed by atoms with van der Waals surface area (Å²) in [5.74, 6) is 2.61. The topological polar surface area (TPSA) is 83.1 Å². The molecule has 0 aliphatic carbocycles. The van der Waals surface area contributed by atoms with Crippen LogP contribution >= 0.6 is 34.5 Å². The zero-order chi connectivity index (χ0) is 23.5. The molecule has 2 aromatic heterocycles. The highest BCUT2D eigenvalue weighted by molar-refractivity contribution is 14.1. The van der Waals surface area contributed by atoms with Gasteiger partial charge >= 0.3 is 0 Å². The Morgan fingerprint density at radius 2 is 2.03 bits per heavy atom. The molecule has 1 atom stereocenters. The molecule has 0 bridgehead atoms. The van der Waals surface area contributed by atoms with Crippen molar-refractivity contribution >= 4 is 57.2 Å². The van der Waals surface area contributed by atoms with Crippen LogP contribution in [0.4, 0.5) is 5.82 Å². The molecular weight excluding hydrogens is 565 g/mol. The fourth-order valence-electron chi connectivity index (χ4n) is 4.29. The highest BCUT2D eigenvalue weighted by atomic mass is 127. The number of hydrogen-bond acceptors (Lipinski definition) is 5. The lowest BCUT2D eigenvalue weighted by atomic mass is 10.1. The zero-order valence-corrected chi connectivity index (χ0v) is 21.2. The van der Waals surface area contributed by atoms with E-state index in [0.717, 1.165) is 47.6 Å². The van der Waals surface area contributed by atoms with Crippen LogP contribution < -0.4 is 13.2 Å². The van der Waals surface area contributed by atoms with Crippen LogP contribution in [-0.4, -0.2) is 33.9 Å². The third-order valence-corrected chi connectivity index (χ3v) is 6.75. The number of anilines is 1. The molecule has 1 unspecified atom stereocenters. The predicted octanol–water partition coefficient (Wildman–Crippen LogP) is 5.54. The van der Waals surface area contributed by atoms with Crippen LogP contribution in [0.25, 0.3) is 22.4 Å². The van der Waals surface area contributed by atoms with Crippen molar-refractivity contribution in [3.05, 3.63) is 71.4 Å². The van der Waals surface area contributed by atoms with Crippen LogP contribution in [0.2, 0.25) is 5.02 Å². The van der Waals surface area contributed by atoms with E-state index < -0.39 is 0 Å². The quantitative estimate of drug-likeness (QED) is 0.219. The van der Waals surface area contributed by atoms with E-state index in [9.17, 15) is 4.79 Å². The van der Waals surface area contributed by atoms with Crippen LogP contribution in [0.15, 0.2) is 60.7 Å². The van der Waals surface area contributed by atoms with Gasteiger partial charge in [0.2, 0.25) is 5.91 Å². The molecule has 4 aromatic rings. The molecule has 3 heterocycles. The first kappa shape index (κ1) is 22.9. The van der Waals surface area contributed by atoms with Gasteiger partial charge in [-0.3, -0.25) is 8.32 Å². The second-order valence-corrected chi connectivity index (χ2v) is 9.34. The third kappa shape index (κ3) is 5.12. The Balaban J connectivity index is 1.47. The van der Waals surface area contributed by atoms with Crippen LogP contribution in [0.5, 0.6) is 5.75 Å². The van der Waals surface area contributed by atoms with Crippen LogP contribution in [-0.2, 0) is 11.4 Å². The molecule has 1 amide bonds. The predicted molar refractivity (Wildman–Crippen MR) is 142 cm³/mol. The molecule has 9 heteroatoms. The van der Waals surface area contributed by atoms with Gasteiger partial charge in [-0.05, 0) is 36.6 Å². The first-order chi connectivity index (χ1) is 16.6. The molecule has 34 heavy (non-hydrogen) atoms. The largest absolute Gasteiger partial charge is 0.487 e. The minimum Gasteiger partial charge on any atom is -0.487 e. The monoisotopic (exact) mass is 587 g/mol. The fourth-order valence-corrected chi connectivity index (χ4v) is 4.69. The minimum absolute atomic E-state index is 0.0624. The van der Waals surface area contributed by atoms with Crippen molar-refractivity contribution in [3.63, 3.8) is 0 Å². The van der Waals surface area contributed by atoms with E-state index in [0.29, 0.717) is 35.5 Å². The smallest absolute Gasteiger partial charge is 0.228 e. The molecule has 0 spiro atoms. The van der Waals surface area contributed by atoms with Crippen molar-refractivity contribution in [1.82, 2.24) is 18.5 Å². The Kier molecular flexibility index (Phi) is 6.87. The van der Waals surface area contributed by atoms with Crippen molar-refractivity contribution in [1.29, 1.82) is 0 Å². The van der Waals surface area contributed by atoms with Gasteiger partial charge in [0.15, 0.2) is 5.82 Å². The maximum Gasteiger partial charge on any atom is 0.228 e. The summed E-state index contributed by atoms with van der Waals surface area (Å²) in [4.78, 5) is 27.3. The molecular formula is C25H23ClIN5O2. The molecule has 1 fully saturated rings. The van der Waals surface area contributed by atoms with Crippen molar-refractivity contribution in [3.8, 4) is 17.1 Å². The first-order valence-corrected chi connectivity index (χ1v) is 12.5. The number of benzene rings is 2. The number of aromatic nitrogens is 3. The molecule has 0 saturated carbocycles. The maximum atomic E-state index is 11.9. The van der Waals surface area contributed by atoms with E-state index in [1.54, 1.807) is 6.07 Å². The summed E-state index contributed by atoms with van der Waals surface area (Å²) in [5, 5.41) is 1.58. The van der Waals surface area contributed by atoms with Crippen LogP contribution in [0.1, 0.15) is 18.5 Å². The SMILES string of the molecule is O=C(CC1CCN(c2nc(-c3ccccc3)nc3[nH]c(COc4cccc(Cl)c4)cc23)C1)NI. The highest BCUT2D eigenvalue weighted by Gasteiger charge is 2.28. The van der Waals surface area contributed by atoms with E-state index >= 15 is 0 Å². The van der Waals surface area contributed by atoms with E-state index in [4.69, 9.17) is 26.3 Å². The number of nitrogens with one attached hydrogen (secondary N) is 2. The second-order valence-electron chi connectivity index (χ2n) is 8.36. The molecule has 1 aliphatic heterocycles. The highest BCUT2D eigenvalue weighted by Crippen LogP contribution is 2.33. The number of aromatic amines is 1. The number of amides is 1. The first-order valence-electron chi connectivity index (χ1n) is 11.1. The molecule has 7 nitrogen and oxygen atoms in total. The number of H-pyrrole nitrogens is 1. The fraction of sp³-hybridized carbons (Fsp3) is 0.240. The summed E-state index contributed by atoms with van der Waals surface area (Å²) in [6.07, 6.45) is 1.47. The molecule has 2 aromatic carbocycles. The van der Waals surface area contributed by atoms with Crippen molar-refractivity contribution < 1.29 is 9.53 Å². The standard InChI is InChI=1S/C25H23ClIN5O2/c26-18-7-4-8-20(12-18)34-15-19-13-21-24(28-19)29-23(17-5-2-1-3-6-17)30-25(21)32-10-9-16(14-32)11-22(33)31-27/h1-8,12-13,16H,9-11,14-15H2,(H,31,33)(H,28,29,30). The summed E-state index contributed by atoms with van der Waals surface area (Å²) < 4.78 is 8.63. The van der Waals surface area contributed by atoms with Crippen LogP contribution in [0.3, 0.4) is 0 Å². The van der Waals surface area contributed by atoms with Crippen molar-refractivity contribution in [2.75, 3.05) is 18.0 Å². The number of carbonyl (C=O) groups excluding carboxylic acids is 1. The molecule has 5 rings (SSSR count). The number of nitrogens with zero attached hydrogens (tertiary/aromatic N) is 3. The molecule has 1 aliphatic rings. The average Bonchev–Trinajstić information content (AvgIpc) is 3.49. The Morgan fingerprint density at radius 1 is 1.18 bits per heavy atom.